The van der Waals surface area contributed by atoms with E-state index in [9.17, 15) is 0 Å². The highest BCUT2D eigenvalue weighted by Crippen LogP contribution is 2.38. The molecular formula is C12H14Cl2N2OS. The highest BCUT2D eigenvalue weighted by Gasteiger charge is 2.15. The molecule has 0 atom stereocenters. The topological polar surface area (TPSA) is 38.1 Å². The molecule has 0 saturated carbocycles. The number of hydrogen-bond acceptors (Lipinski definition) is 4. The van der Waals surface area contributed by atoms with Crippen LogP contribution in [-0.4, -0.2) is 10.5 Å². The van der Waals surface area contributed by atoms with Crippen molar-refractivity contribution in [1.29, 1.82) is 0 Å². The van der Waals surface area contributed by atoms with Gasteiger partial charge in [-0.1, -0.05) is 23.2 Å². The van der Waals surface area contributed by atoms with Gasteiger partial charge in [0, 0.05) is 11.1 Å². The van der Waals surface area contributed by atoms with Gasteiger partial charge in [0.2, 0.25) is 5.89 Å². The quantitative estimate of drug-likeness (QED) is 0.900. The molecule has 2 aromatic rings. The average Bonchev–Trinajstić information content (AvgIpc) is 2.81. The Labute approximate surface area is 120 Å². The van der Waals surface area contributed by atoms with Crippen molar-refractivity contribution in [3.63, 3.8) is 0 Å². The van der Waals surface area contributed by atoms with Crippen LogP contribution in [0.5, 0.6) is 0 Å². The van der Waals surface area contributed by atoms with Crippen LogP contribution in [0.1, 0.15) is 26.7 Å². The molecule has 18 heavy (non-hydrogen) atoms. The summed E-state index contributed by atoms with van der Waals surface area (Å²) in [6.45, 7) is 6.85. The van der Waals surface area contributed by atoms with E-state index in [2.05, 4.69) is 31.1 Å². The fraction of sp³-hybridized carbons (Fsp3) is 0.417. The molecule has 0 aliphatic carbocycles. The predicted molar refractivity (Wildman–Crippen MR) is 76.4 cm³/mol. The van der Waals surface area contributed by atoms with Gasteiger partial charge >= 0.3 is 0 Å². The summed E-state index contributed by atoms with van der Waals surface area (Å²) < 4.78 is 6.91. The van der Waals surface area contributed by atoms with Crippen molar-refractivity contribution in [1.82, 2.24) is 10.3 Å². The fourth-order valence-corrected chi connectivity index (χ4v) is 2.84. The van der Waals surface area contributed by atoms with E-state index in [4.69, 9.17) is 27.6 Å². The molecule has 0 aliphatic heterocycles. The lowest BCUT2D eigenvalue weighted by Crippen LogP contribution is -2.35. The first-order chi connectivity index (χ1) is 8.35. The number of nitrogens with zero attached hydrogens (tertiary/aromatic N) is 1. The third-order valence-corrected chi connectivity index (χ3v) is 3.73. The zero-order valence-corrected chi connectivity index (χ0v) is 12.7. The van der Waals surface area contributed by atoms with Gasteiger partial charge in [-0.3, -0.25) is 0 Å². The summed E-state index contributed by atoms with van der Waals surface area (Å²) in [5.74, 6) is 1.28. The number of oxazole rings is 1. The second-order valence-corrected chi connectivity index (χ2v) is 7.25. The minimum Gasteiger partial charge on any atom is -0.439 e. The van der Waals surface area contributed by atoms with Crippen molar-refractivity contribution < 1.29 is 4.42 Å². The van der Waals surface area contributed by atoms with Crippen LogP contribution in [0, 0.1) is 0 Å². The van der Waals surface area contributed by atoms with E-state index < -0.39 is 0 Å². The molecule has 2 heterocycles. The van der Waals surface area contributed by atoms with Gasteiger partial charge in [-0.05, 0) is 26.8 Å². The third kappa shape index (κ3) is 3.48. The summed E-state index contributed by atoms with van der Waals surface area (Å²) in [4.78, 5) is 4.22. The van der Waals surface area contributed by atoms with Gasteiger partial charge in [0.1, 0.15) is 4.34 Å². The van der Waals surface area contributed by atoms with Crippen molar-refractivity contribution >= 4 is 34.5 Å². The summed E-state index contributed by atoms with van der Waals surface area (Å²) >= 11 is 13.3. The lowest BCUT2D eigenvalue weighted by atomic mass is 10.1. The van der Waals surface area contributed by atoms with E-state index >= 15 is 0 Å². The molecule has 0 aliphatic rings. The van der Waals surface area contributed by atoms with Gasteiger partial charge in [0.25, 0.3) is 0 Å². The minimum atomic E-state index is 0.0258. The first-order valence-corrected chi connectivity index (χ1v) is 7.07. The summed E-state index contributed by atoms with van der Waals surface area (Å²) in [6, 6.07) is 1.79. The molecule has 0 aromatic carbocycles. The SMILES string of the molecule is CC(C)(C)NCc1ncc(-c2cc(Cl)sc2Cl)o1. The Kier molecular flexibility index (Phi) is 4.02. The van der Waals surface area contributed by atoms with Crippen molar-refractivity contribution in [2.45, 2.75) is 32.9 Å². The van der Waals surface area contributed by atoms with E-state index in [0.29, 0.717) is 26.9 Å². The van der Waals surface area contributed by atoms with Gasteiger partial charge in [0.15, 0.2) is 5.76 Å². The molecule has 6 heteroatoms. The molecule has 0 radical (unpaired) electrons. The van der Waals surface area contributed by atoms with Crippen molar-refractivity contribution in [2.24, 2.45) is 0 Å². The van der Waals surface area contributed by atoms with Crippen LogP contribution in [0.15, 0.2) is 16.7 Å². The maximum Gasteiger partial charge on any atom is 0.208 e. The Morgan fingerprint density at radius 3 is 2.67 bits per heavy atom. The molecular weight excluding hydrogens is 291 g/mol. The van der Waals surface area contributed by atoms with Crippen molar-refractivity contribution in [3.05, 3.63) is 26.8 Å². The highest BCUT2D eigenvalue weighted by molar-refractivity contribution is 7.20. The second kappa shape index (κ2) is 5.21. The molecule has 0 unspecified atom stereocenters. The minimum absolute atomic E-state index is 0.0258. The lowest BCUT2D eigenvalue weighted by molar-refractivity contribution is 0.383. The molecule has 3 nitrogen and oxygen atoms in total. The van der Waals surface area contributed by atoms with E-state index in [0.717, 1.165) is 5.56 Å². The highest BCUT2D eigenvalue weighted by atomic mass is 35.5. The van der Waals surface area contributed by atoms with Gasteiger partial charge in [-0.15, -0.1) is 11.3 Å². The first kappa shape index (κ1) is 13.9. The number of aromatic nitrogens is 1. The number of rotatable bonds is 3. The Morgan fingerprint density at radius 2 is 2.11 bits per heavy atom. The van der Waals surface area contributed by atoms with Crippen LogP contribution in [-0.2, 0) is 6.54 Å². The molecule has 0 amide bonds. The van der Waals surface area contributed by atoms with Gasteiger partial charge < -0.3 is 9.73 Å². The zero-order chi connectivity index (χ0) is 13.3. The molecule has 0 bridgehead atoms. The molecule has 0 fully saturated rings. The largest absolute Gasteiger partial charge is 0.439 e. The van der Waals surface area contributed by atoms with E-state index in [1.54, 1.807) is 12.3 Å². The molecule has 1 N–H and O–H groups in total. The molecule has 0 saturated heterocycles. The molecule has 2 aromatic heterocycles. The van der Waals surface area contributed by atoms with Gasteiger partial charge in [-0.25, -0.2) is 4.98 Å². The zero-order valence-electron chi connectivity index (χ0n) is 10.4. The normalized spacial score (nSPS) is 12.1. The van der Waals surface area contributed by atoms with Crippen LogP contribution in [0.3, 0.4) is 0 Å². The molecule has 98 valence electrons. The van der Waals surface area contributed by atoms with Gasteiger partial charge in [0.05, 0.1) is 17.1 Å². The fourth-order valence-electron chi connectivity index (χ4n) is 1.37. The van der Waals surface area contributed by atoms with Crippen LogP contribution in [0.2, 0.25) is 8.67 Å². The Morgan fingerprint density at radius 1 is 1.39 bits per heavy atom. The Balaban J connectivity index is 2.13. The first-order valence-electron chi connectivity index (χ1n) is 5.50. The maximum atomic E-state index is 6.07. The van der Waals surface area contributed by atoms with Crippen LogP contribution >= 0.6 is 34.5 Å². The predicted octanol–water partition coefficient (Wildman–Crippen LogP) is 4.60. The summed E-state index contributed by atoms with van der Waals surface area (Å²) in [7, 11) is 0. The second-order valence-electron chi connectivity index (χ2n) is 4.96. The smallest absolute Gasteiger partial charge is 0.208 e. The maximum absolute atomic E-state index is 6.07. The average molecular weight is 305 g/mol. The molecule has 0 spiro atoms. The van der Waals surface area contributed by atoms with E-state index in [1.165, 1.54) is 11.3 Å². The number of nitrogens with one attached hydrogen (secondary N) is 1. The standard InChI is InChI=1S/C12H14Cl2N2OS/c1-12(2,3)16-6-10-15-5-8(17-10)7-4-9(13)18-11(7)14/h4-5,16H,6H2,1-3H3. The third-order valence-electron chi connectivity index (χ3n) is 2.25. The van der Waals surface area contributed by atoms with E-state index in [-0.39, 0.29) is 5.54 Å². The number of halogens is 2. The van der Waals surface area contributed by atoms with Crippen LogP contribution in [0.25, 0.3) is 11.3 Å². The number of hydrogen-bond donors (Lipinski definition) is 1. The van der Waals surface area contributed by atoms with Crippen molar-refractivity contribution in [2.75, 3.05) is 0 Å². The van der Waals surface area contributed by atoms with Crippen LogP contribution in [0.4, 0.5) is 0 Å². The molecule has 2 rings (SSSR count). The summed E-state index contributed by atoms with van der Waals surface area (Å²) in [5.41, 5.74) is 0.819. The lowest BCUT2D eigenvalue weighted by Gasteiger charge is -2.18. The Bertz CT molecular complexity index is 543. The Hall–Kier alpha value is -0.550. The number of thiophene rings is 1. The van der Waals surface area contributed by atoms with Crippen molar-refractivity contribution in [3.8, 4) is 11.3 Å². The monoisotopic (exact) mass is 304 g/mol. The summed E-state index contributed by atoms with van der Waals surface area (Å²) in [5, 5.41) is 3.31. The van der Waals surface area contributed by atoms with Crippen LogP contribution < -0.4 is 5.32 Å². The van der Waals surface area contributed by atoms with Gasteiger partial charge in [-0.2, -0.15) is 0 Å². The summed E-state index contributed by atoms with van der Waals surface area (Å²) in [6.07, 6.45) is 1.67. The van der Waals surface area contributed by atoms with E-state index in [1.807, 2.05) is 0 Å².